The molecule has 0 aliphatic carbocycles. The van der Waals surface area contributed by atoms with Crippen molar-refractivity contribution >= 4 is 17.3 Å². The highest BCUT2D eigenvalue weighted by molar-refractivity contribution is 6.06. The predicted octanol–water partition coefficient (Wildman–Crippen LogP) is 6.50. The number of anilines is 2. The molecule has 0 radical (unpaired) electrons. The minimum atomic E-state index is -4.67. The normalized spacial score (nSPS) is 13.0. The molecule has 0 aliphatic rings. The molecule has 0 fully saturated rings. The molecule has 0 bridgehead atoms. The smallest absolute Gasteiger partial charge is 0.384 e. The maximum atomic E-state index is 13.7. The van der Waals surface area contributed by atoms with Crippen molar-refractivity contribution in [2.24, 2.45) is 0 Å². The summed E-state index contributed by atoms with van der Waals surface area (Å²) in [6.07, 6.45) is -3.71. The summed E-state index contributed by atoms with van der Waals surface area (Å²) < 4.78 is 41.1. The van der Waals surface area contributed by atoms with Crippen molar-refractivity contribution < 1.29 is 23.1 Å². The minimum absolute atomic E-state index is 0.118. The van der Waals surface area contributed by atoms with Crippen LogP contribution in [-0.2, 0) is 4.79 Å². The second kappa shape index (κ2) is 12.1. The molecule has 8 heteroatoms. The number of hydrogen-bond donors (Lipinski definition) is 2. The molecule has 37 heavy (non-hydrogen) atoms. The molecule has 3 aromatic carbocycles. The fourth-order valence-electron chi connectivity index (χ4n) is 3.67. The van der Waals surface area contributed by atoms with E-state index in [4.69, 9.17) is 0 Å². The van der Waals surface area contributed by atoms with Crippen LogP contribution in [0.15, 0.2) is 102 Å². The average molecular weight is 506 g/mol. The van der Waals surface area contributed by atoms with Crippen LogP contribution in [0.5, 0.6) is 0 Å². The average Bonchev–Trinajstić information content (AvgIpc) is 2.90. The molecule has 0 aliphatic heterocycles. The van der Waals surface area contributed by atoms with Gasteiger partial charge in [-0.2, -0.15) is 18.4 Å². The first-order valence-electron chi connectivity index (χ1n) is 11.5. The summed E-state index contributed by atoms with van der Waals surface area (Å²) in [6, 6.07) is 23.6. The van der Waals surface area contributed by atoms with E-state index in [0.29, 0.717) is 28.1 Å². The highest BCUT2D eigenvalue weighted by Crippen LogP contribution is 2.30. The highest BCUT2D eigenvalue weighted by Gasteiger charge is 2.33. The topological polar surface area (TPSA) is 76.4 Å². The number of aliphatic hydroxyl groups excluding tert-OH is 1. The Bertz CT molecular complexity index is 1340. The number of likely N-dealkylation sites (N-methyl/N-ethyl adjacent to an activating group) is 1. The maximum Gasteiger partial charge on any atom is 0.416 e. The first-order valence-corrected chi connectivity index (χ1v) is 11.5. The number of carbonyl (C=O) groups is 1. The lowest BCUT2D eigenvalue weighted by molar-refractivity contribution is -0.112. The van der Waals surface area contributed by atoms with Gasteiger partial charge in [-0.25, -0.2) is 0 Å². The molecule has 0 spiro atoms. The number of hydrogen-bond acceptors (Lipinski definition) is 4. The molecule has 2 N–H and O–H groups in total. The molecular weight excluding hydrogens is 479 g/mol. The standard InChI is InChI=1S/C29H26F3N3O2/c1-3-9-23(29(30,31)32)18-26(35(2)25-15-7-10-20(16-25)19-33)28(37)34-24-14-8-13-22(17-24)27(36)21-11-5-4-6-12-21/h4-18,27,36H,3H2,1-2H3,(H,34,37)/b23-9-,26-18-. The molecule has 1 unspecified atom stereocenters. The van der Waals surface area contributed by atoms with Crippen molar-refractivity contribution in [2.45, 2.75) is 25.6 Å². The van der Waals surface area contributed by atoms with E-state index in [1.807, 2.05) is 12.1 Å². The third kappa shape index (κ3) is 7.09. The van der Waals surface area contributed by atoms with E-state index in [2.05, 4.69) is 5.32 Å². The summed E-state index contributed by atoms with van der Waals surface area (Å²) in [7, 11) is 1.46. The lowest BCUT2D eigenvalue weighted by Gasteiger charge is -2.24. The number of nitrogens with one attached hydrogen (secondary N) is 1. The van der Waals surface area contributed by atoms with Gasteiger partial charge in [-0.05, 0) is 54.0 Å². The van der Waals surface area contributed by atoms with Gasteiger partial charge in [0.2, 0.25) is 0 Å². The number of benzene rings is 3. The van der Waals surface area contributed by atoms with Gasteiger partial charge in [0.25, 0.3) is 5.91 Å². The molecular formula is C29H26F3N3O2. The number of allylic oxidation sites excluding steroid dienone is 3. The zero-order valence-corrected chi connectivity index (χ0v) is 20.3. The van der Waals surface area contributed by atoms with Crippen molar-refractivity contribution in [2.75, 3.05) is 17.3 Å². The van der Waals surface area contributed by atoms with Crippen LogP contribution in [0.3, 0.4) is 0 Å². The Morgan fingerprint density at radius 3 is 2.38 bits per heavy atom. The van der Waals surface area contributed by atoms with Crippen LogP contribution in [0, 0.1) is 11.3 Å². The van der Waals surface area contributed by atoms with Gasteiger partial charge in [0.1, 0.15) is 11.8 Å². The number of amides is 1. The summed E-state index contributed by atoms with van der Waals surface area (Å²) in [6.45, 7) is 1.57. The van der Waals surface area contributed by atoms with Crippen LogP contribution in [0.4, 0.5) is 24.5 Å². The second-order valence-corrected chi connectivity index (χ2v) is 8.21. The second-order valence-electron chi connectivity index (χ2n) is 8.21. The molecule has 0 saturated heterocycles. The number of halogens is 3. The quantitative estimate of drug-likeness (QED) is 0.271. The summed E-state index contributed by atoms with van der Waals surface area (Å²) in [5.74, 6) is -0.789. The monoisotopic (exact) mass is 505 g/mol. The number of nitriles is 1. The number of alkyl halides is 3. The number of rotatable bonds is 8. The SMILES string of the molecule is CC/C=C(/C=C(/C(=O)Nc1cccc(C(O)c2ccccc2)c1)N(C)c1cccc(C#N)c1)C(F)(F)F. The number of aliphatic hydroxyl groups is 1. The molecule has 1 amide bonds. The third-order valence-corrected chi connectivity index (χ3v) is 5.58. The van der Waals surface area contributed by atoms with Crippen molar-refractivity contribution in [3.8, 4) is 6.07 Å². The zero-order chi connectivity index (χ0) is 27.0. The largest absolute Gasteiger partial charge is 0.416 e. The van der Waals surface area contributed by atoms with Gasteiger partial charge in [-0.15, -0.1) is 0 Å². The third-order valence-electron chi connectivity index (χ3n) is 5.58. The van der Waals surface area contributed by atoms with E-state index >= 15 is 0 Å². The molecule has 0 heterocycles. The Morgan fingerprint density at radius 1 is 1.05 bits per heavy atom. The Hall–Kier alpha value is -4.35. The molecule has 1 atom stereocenters. The highest BCUT2D eigenvalue weighted by atomic mass is 19.4. The van der Waals surface area contributed by atoms with Gasteiger partial charge in [0.15, 0.2) is 0 Å². The molecule has 190 valence electrons. The van der Waals surface area contributed by atoms with Gasteiger partial charge >= 0.3 is 6.18 Å². The zero-order valence-electron chi connectivity index (χ0n) is 20.3. The van der Waals surface area contributed by atoms with E-state index < -0.39 is 23.8 Å². The fourth-order valence-corrected chi connectivity index (χ4v) is 3.67. The maximum absolute atomic E-state index is 13.7. The lowest BCUT2D eigenvalue weighted by Crippen LogP contribution is -2.29. The summed E-state index contributed by atoms with van der Waals surface area (Å²) in [4.78, 5) is 14.7. The lowest BCUT2D eigenvalue weighted by atomic mass is 10.0. The Kier molecular flexibility index (Phi) is 8.88. The molecule has 3 aromatic rings. The van der Waals surface area contributed by atoms with Gasteiger partial charge < -0.3 is 15.3 Å². The van der Waals surface area contributed by atoms with Crippen LogP contribution in [-0.4, -0.2) is 24.2 Å². The van der Waals surface area contributed by atoms with Crippen molar-refractivity contribution in [3.63, 3.8) is 0 Å². The van der Waals surface area contributed by atoms with Crippen molar-refractivity contribution in [3.05, 3.63) is 119 Å². The van der Waals surface area contributed by atoms with Crippen LogP contribution in [0.2, 0.25) is 0 Å². The molecule has 5 nitrogen and oxygen atoms in total. The number of carbonyl (C=O) groups excluding carboxylic acids is 1. The minimum Gasteiger partial charge on any atom is -0.384 e. The van der Waals surface area contributed by atoms with E-state index in [-0.39, 0.29) is 12.1 Å². The van der Waals surface area contributed by atoms with E-state index in [9.17, 15) is 28.3 Å². The van der Waals surface area contributed by atoms with Crippen LogP contribution in [0.25, 0.3) is 0 Å². The molecule has 0 aromatic heterocycles. The summed E-state index contributed by atoms with van der Waals surface area (Å²) in [5.41, 5.74) is 0.890. The summed E-state index contributed by atoms with van der Waals surface area (Å²) >= 11 is 0. The van der Waals surface area contributed by atoms with Gasteiger partial charge in [-0.3, -0.25) is 4.79 Å². The first-order chi connectivity index (χ1) is 17.6. The molecule has 3 rings (SSSR count). The van der Waals surface area contributed by atoms with Crippen LogP contribution < -0.4 is 10.2 Å². The van der Waals surface area contributed by atoms with Crippen molar-refractivity contribution in [1.29, 1.82) is 5.26 Å². The van der Waals surface area contributed by atoms with Gasteiger partial charge in [-0.1, -0.05) is 61.5 Å². The molecule has 0 saturated carbocycles. The summed E-state index contributed by atoms with van der Waals surface area (Å²) in [5, 5.41) is 22.6. The predicted molar refractivity (Wildman–Crippen MR) is 138 cm³/mol. The van der Waals surface area contributed by atoms with Gasteiger partial charge in [0, 0.05) is 18.4 Å². The van der Waals surface area contributed by atoms with E-state index in [0.717, 1.165) is 12.2 Å². The van der Waals surface area contributed by atoms with Gasteiger partial charge in [0.05, 0.1) is 17.2 Å². The first kappa shape index (κ1) is 27.2. The Balaban J connectivity index is 1.99. The Labute approximate surface area is 213 Å². The number of nitrogens with zero attached hydrogens (tertiary/aromatic N) is 2. The van der Waals surface area contributed by atoms with Crippen molar-refractivity contribution in [1.82, 2.24) is 0 Å². The fraction of sp³-hybridized carbons (Fsp3) is 0.172. The van der Waals surface area contributed by atoms with E-state index in [1.165, 1.54) is 18.0 Å². The Morgan fingerprint density at radius 2 is 1.73 bits per heavy atom. The van der Waals surface area contributed by atoms with Crippen LogP contribution in [0.1, 0.15) is 36.1 Å². The van der Waals surface area contributed by atoms with E-state index in [1.54, 1.807) is 73.7 Å². The van der Waals surface area contributed by atoms with Crippen LogP contribution >= 0.6 is 0 Å².